The van der Waals surface area contributed by atoms with Crippen molar-refractivity contribution < 1.29 is 0 Å². The number of hydrogen-bond acceptors (Lipinski definition) is 2. The van der Waals surface area contributed by atoms with Crippen molar-refractivity contribution in [3.05, 3.63) is 0 Å². The van der Waals surface area contributed by atoms with Gasteiger partial charge >= 0.3 is 0 Å². The highest BCUT2D eigenvalue weighted by atomic mass is 14.9. The van der Waals surface area contributed by atoms with Crippen LogP contribution in [0.4, 0.5) is 0 Å². The third-order valence-corrected chi connectivity index (χ3v) is 2.96. The van der Waals surface area contributed by atoms with Crippen LogP contribution in [0.1, 0.15) is 53.4 Å². The summed E-state index contributed by atoms with van der Waals surface area (Å²) in [6.45, 7) is 12.2. The molecule has 0 rings (SSSR count). The molecule has 0 aliphatic carbocycles. The summed E-state index contributed by atoms with van der Waals surface area (Å²) in [4.78, 5) is 0. The summed E-state index contributed by atoms with van der Waals surface area (Å²) in [5.41, 5.74) is 5.76. The Bertz CT molecular complexity index is 144. The highest BCUT2D eigenvalue weighted by Crippen LogP contribution is 2.09. The van der Waals surface area contributed by atoms with E-state index in [1.807, 2.05) is 0 Å². The Hall–Kier alpha value is -0.0800. The first-order chi connectivity index (χ1) is 7.56. The van der Waals surface area contributed by atoms with Crippen molar-refractivity contribution in [2.45, 2.75) is 53.4 Å². The molecule has 0 heterocycles. The normalized spacial score (nSPS) is 13.7. The number of unbranched alkanes of at least 4 members (excludes halogenated alkanes) is 1. The van der Waals surface area contributed by atoms with Crippen molar-refractivity contribution in [3.63, 3.8) is 0 Å². The number of hydrogen-bond donors (Lipinski definition) is 2. The molecule has 0 radical (unpaired) electrons. The SMILES string of the molecule is CC(C)CCCCNCC(CN)CC(C)C. The predicted molar refractivity (Wildman–Crippen MR) is 73.6 cm³/mol. The van der Waals surface area contributed by atoms with Crippen LogP contribution in [0.15, 0.2) is 0 Å². The maximum atomic E-state index is 5.76. The highest BCUT2D eigenvalue weighted by molar-refractivity contribution is 4.65. The van der Waals surface area contributed by atoms with Gasteiger partial charge in [-0.1, -0.05) is 40.5 Å². The van der Waals surface area contributed by atoms with E-state index < -0.39 is 0 Å². The molecule has 0 saturated heterocycles. The molecule has 0 aromatic rings. The smallest absolute Gasteiger partial charge is 0.000836 e. The van der Waals surface area contributed by atoms with E-state index in [1.165, 1.54) is 25.7 Å². The van der Waals surface area contributed by atoms with Crippen molar-refractivity contribution >= 4 is 0 Å². The van der Waals surface area contributed by atoms with Crippen molar-refractivity contribution in [3.8, 4) is 0 Å². The number of nitrogens with two attached hydrogens (primary N) is 1. The standard InChI is InChI=1S/C14H32N2/c1-12(2)7-5-6-8-16-11-14(10-15)9-13(3)4/h12-14,16H,5-11,15H2,1-4H3. The minimum Gasteiger partial charge on any atom is -0.330 e. The van der Waals surface area contributed by atoms with E-state index in [0.29, 0.717) is 5.92 Å². The maximum absolute atomic E-state index is 5.76. The summed E-state index contributed by atoms with van der Waals surface area (Å²) in [7, 11) is 0. The fourth-order valence-electron chi connectivity index (χ4n) is 2.04. The third-order valence-electron chi connectivity index (χ3n) is 2.96. The summed E-state index contributed by atoms with van der Waals surface area (Å²) >= 11 is 0. The van der Waals surface area contributed by atoms with Crippen molar-refractivity contribution in [1.82, 2.24) is 5.32 Å². The van der Waals surface area contributed by atoms with E-state index in [9.17, 15) is 0 Å². The molecule has 2 nitrogen and oxygen atoms in total. The molecule has 0 aromatic heterocycles. The Morgan fingerprint density at radius 2 is 1.69 bits per heavy atom. The Balaban J connectivity index is 3.34. The first kappa shape index (κ1) is 15.9. The van der Waals surface area contributed by atoms with E-state index in [-0.39, 0.29) is 0 Å². The van der Waals surface area contributed by atoms with Gasteiger partial charge < -0.3 is 11.1 Å². The topological polar surface area (TPSA) is 38.0 Å². The van der Waals surface area contributed by atoms with Gasteiger partial charge in [0.05, 0.1) is 0 Å². The summed E-state index contributed by atoms with van der Waals surface area (Å²) < 4.78 is 0. The van der Waals surface area contributed by atoms with Crippen LogP contribution in [0.5, 0.6) is 0 Å². The summed E-state index contributed by atoms with van der Waals surface area (Å²) in [6, 6.07) is 0. The van der Waals surface area contributed by atoms with Gasteiger partial charge in [0.25, 0.3) is 0 Å². The Morgan fingerprint density at radius 1 is 1.00 bits per heavy atom. The van der Waals surface area contributed by atoms with Crippen LogP contribution < -0.4 is 11.1 Å². The summed E-state index contributed by atoms with van der Waals surface area (Å²) in [5, 5.41) is 3.54. The lowest BCUT2D eigenvalue weighted by atomic mass is 9.97. The molecule has 1 unspecified atom stereocenters. The molecule has 0 saturated carbocycles. The van der Waals surface area contributed by atoms with Gasteiger partial charge in [-0.25, -0.2) is 0 Å². The Labute approximate surface area is 102 Å². The molecular formula is C14H32N2. The van der Waals surface area contributed by atoms with Crippen LogP contribution >= 0.6 is 0 Å². The molecule has 3 N–H and O–H groups in total. The summed E-state index contributed by atoms with van der Waals surface area (Å²) in [6.07, 6.45) is 5.25. The zero-order valence-corrected chi connectivity index (χ0v) is 11.8. The lowest BCUT2D eigenvalue weighted by Gasteiger charge is -2.17. The number of nitrogens with one attached hydrogen (secondary N) is 1. The first-order valence-electron chi connectivity index (χ1n) is 6.97. The van der Waals surface area contributed by atoms with Gasteiger partial charge in [-0.2, -0.15) is 0 Å². The van der Waals surface area contributed by atoms with Gasteiger partial charge in [0.2, 0.25) is 0 Å². The first-order valence-corrected chi connectivity index (χ1v) is 6.97. The largest absolute Gasteiger partial charge is 0.330 e. The van der Waals surface area contributed by atoms with Gasteiger partial charge in [-0.05, 0) is 50.2 Å². The van der Waals surface area contributed by atoms with Crippen molar-refractivity contribution in [1.29, 1.82) is 0 Å². The van der Waals surface area contributed by atoms with Crippen LogP contribution in [0.2, 0.25) is 0 Å². The van der Waals surface area contributed by atoms with Crippen LogP contribution in [0.25, 0.3) is 0 Å². The second kappa shape index (κ2) is 10.1. The van der Waals surface area contributed by atoms with Crippen LogP contribution in [-0.2, 0) is 0 Å². The van der Waals surface area contributed by atoms with Gasteiger partial charge in [-0.15, -0.1) is 0 Å². The molecule has 0 amide bonds. The lowest BCUT2D eigenvalue weighted by Crippen LogP contribution is -2.29. The molecule has 2 heteroatoms. The minimum absolute atomic E-state index is 0.657. The van der Waals surface area contributed by atoms with Crippen LogP contribution in [-0.4, -0.2) is 19.6 Å². The van der Waals surface area contributed by atoms with E-state index in [0.717, 1.165) is 31.5 Å². The average molecular weight is 228 g/mol. The van der Waals surface area contributed by atoms with E-state index in [4.69, 9.17) is 5.73 Å². The molecule has 0 spiro atoms. The fraction of sp³-hybridized carbons (Fsp3) is 1.00. The molecule has 98 valence electrons. The molecule has 0 fully saturated rings. The quantitative estimate of drug-likeness (QED) is 0.564. The summed E-state index contributed by atoms with van der Waals surface area (Å²) in [5.74, 6) is 2.26. The Kier molecular flexibility index (Phi) is 10.0. The van der Waals surface area contributed by atoms with E-state index in [2.05, 4.69) is 33.0 Å². The zero-order valence-electron chi connectivity index (χ0n) is 11.8. The van der Waals surface area contributed by atoms with Crippen LogP contribution in [0, 0.1) is 17.8 Å². The molecule has 16 heavy (non-hydrogen) atoms. The molecular weight excluding hydrogens is 196 g/mol. The minimum atomic E-state index is 0.657. The average Bonchev–Trinajstić information content (AvgIpc) is 2.20. The fourth-order valence-corrected chi connectivity index (χ4v) is 2.04. The lowest BCUT2D eigenvalue weighted by molar-refractivity contribution is 0.391. The molecule has 0 bridgehead atoms. The van der Waals surface area contributed by atoms with Gasteiger partial charge in [-0.3, -0.25) is 0 Å². The van der Waals surface area contributed by atoms with E-state index in [1.54, 1.807) is 0 Å². The van der Waals surface area contributed by atoms with E-state index >= 15 is 0 Å². The van der Waals surface area contributed by atoms with Crippen molar-refractivity contribution in [2.75, 3.05) is 19.6 Å². The molecule has 0 aliphatic rings. The molecule has 0 aliphatic heterocycles. The molecule has 0 aromatic carbocycles. The van der Waals surface area contributed by atoms with Gasteiger partial charge in [0.1, 0.15) is 0 Å². The second-order valence-electron chi connectivity index (χ2n) is 5.83. The molecule has 1 atom stereocenters. The second-order valence-corrected chi connectivity index (χ2v) is 5.83. The highest BCUT2D eigenvalue weighted by Gasteiger charge is 2.07. The van der Waals surface area contributed by atoms with Gasteiger partial charge in [0.15, 0.2) is 0 Å². The van der Waals surface area contributed by atoms with Gasteiger partial charge in [0, 0.05) is 0 Å². The predicted octanol–water partition coefficient (Wildman–Crippen LogP) is 3.02. The van der Waals surface area contributed by atoms with Crippen molar-refractivity contribution in [2.24, 2.45) is 23.5 Å². The Morgan fingerprint density at radius 3 is 2.19 bits per heavy atom. The maximum Gasteiger partial charge on any atom is -0.000836 e. The zero-order chi connectivity index (χ0) is 12.4. The number of rotatable bonds is 10. The van der Waals surface area contributed by atoms with Crippen LogP contribution in [0.3, 0.4) is 0 Å². The monoisotopic (exact) mass is 228 g/mol. The third kappa shape index (κ3) is 10.4.